The largest absolute Gasteiger partial charge is 0.348 e. The lowest BCUT2D eigenvalue weighted by Gasteiger charge is -2.37. The second-order valence-corrected chi connectivity index (χ2v) is 5.41. The molecule has 1 fully saturated rings. The molecular formula is C15H17N5O2. The summed E-state index contributed by atoms with van der Waals surface area (Å²) >= 11 is 0. The first-order valence-corrected chi connectivity index (χ1v) is 7.08. The van der Waals surface area contributed by atoms with Crippen LogP contribution in [0.3, 0.4) is 0 Å². The van der Waals surface area contributed by atoms with Gasteiger partial charge in [-0.15, -0.1) is 10.2 Å². The molecule has 0 radical (unpaired) electrons. The average molecular weight is 299 g/mol. The number of rotatable bonds is 4. The predicted octanol–water partition coefficient (Wildman–Crippen LogP) is 0.298. The van der Waals surface area contributed by atoms with Gasteiger partial charge in [-0.3, -0.25) is 14.0 Å². The van der Waals surface area contributed by atoms with E-state index in [1.807, 2.05) is 29.7 Å². The Morgan fingerprint density at radius 1 is 1.41 bits per heavy atom. The highest BCUT2D eigenvalue weighted by Crippen LogP contribution is 2.16. The predicted molar refractivity (Wildman–Crippen MR) is 79.8 cm³/mol. The van der Waals surface area contributed by atoms with Gasteiger partial charge in [-0.25, -0.2) is 0 Å². The van der Waals surface area contributed by atoms with Crippen molar-refractivity contribution < 1.29 is 9.59 Å². The number of nitrogens with one attached hydrogen (secondary N) is 1. The van der Waals surface area contributed by atoms with Gasteiger partial charge in [-0.1, -0.05) is 12.6 Å². The number of hydrogen-bond acceptors (Lipinski definition) is 4. The van der Waals surface area contributed by atoms with Crippen LogP contribution >= 0.6 is 0 Å². The number of nitrogens with zero attached hydrogens (tertiary/aromatic N) is 4. The first kappa shape index (κ1) is 14.2. The summed E-state index contributed by atoms with van der Waals surface area (Å²) in [7, 11) is 0. The van der Waals surface area contributed by atoms with Gasteiger partial charge in [0.15, 0.2) is 11.5 Å². The van der Waals surface area contributed by atoms with E-state index in [1.54, 1.807) is 4.90 Å². The van der Waals surface area contributed by atoms with Crippen molar-refractivity contribution in [1.82, 2.24) is 24.8 Å². The van der Waals surface area contributed by atoms with Crippen LogP contribution in [0.5, 0.6) is 0 Å². The fraction of sp³-hybridized carbons (Fsp3) is 0.333. The summed E-state index contributed by atoms with van der Waals surface area (Å²) in [5, 5.41) is 11.0. The molecule has 0 bridgehead atoms. The van der Waals surface area contributed by atoms with Crippen molar-refractivity contribution in [2.24, 2.45) is 5.92 Å². The zero-order valence-corrected chi connectivity index (χ0v) is 12.3. The SMILES string of the molecule is C=CC(=O)N1CC(C(=O)NCc2nnc3ccc(C)cn23)C1. The normalized spacial score (nSPS) is 14.7. The van der Waals surface area contributed by atoms with E-state index in [0.29, 0.717) is 25.5 Å². The Labute approximate surface area is 127 Å². The van der Waals surface area contributed by atoms with Crippen molar-refractivity contribution in [1.29, 1.82) is 0 Å². The van der Waals surface area contributed by atoms with Gasteiger partial charge < -0.3 is 10.2 Å². The summed E-state index contributed by atoms with van der Waals surface area (Å²) in [6.07, 6.45) is 3.20. The van der Waals surface area contributed by atoms with E-state index in [4.69, 9.17) is 0 Å². The minimum Gasteiger partial charge on any atom is -0.348 e. The van der Waals surface area contributed by atoms with Crippen molar-refractivity contribution in [2.75, 3.05) is 13.1 Å². The van der Waals surface area contributed by atoms with E-state index in [1.165, 1.54) is 6.08 Å². The van der Waals surface area contributed by atoms with Crippen LogP contribution in [0.15, 0.2) is 31.0 Å². The number of hydrogen-bond donors (Lipinski definition) is 1. The van der Waals surface area contributed by atoms with Gasteiger partial charge in [0.2, 0.25) is 11.8 Å². The highest BCUT2D eigenvalue weighted by molar-refractivity contribution is 5.90. The van der Waals surface area contributed by atoms with Crippen LogP contribution < -0.4 is 5.32 Å². The van der Waals surface area contributed by atoms with Crippen molar-refractivity contribution in [3.63, 3.8) is 0 Å². The molecule has 22 heavy (non-hydrogen) atoms. The second-order valence-electron chi connectivity index (χ2n) is 5.41. The van der Waals surface area contributed by atoms with Gasteiger partial charge in [0.25, 0.3) is 0 Å². The van der Waals surface area contributed by atoms with Gasteiger partial charge in [0.05, 0.1) is 12.5 Å². The lowest BCUT2D eigenvalue weighted by atomic mass is 9.99. The summed E-state index contributed by atoms with van der Waals surface area (Å²) in [4.78, 5) is 25.0. The monoisotopic (exact) mass is 299 g/mol. The maximum Gasteiger partial charge on any atom is 0.246 e. The Kier molecular flexibility index (Phi) is 3.62. The van der Waals surface area contributed by atoms with Gasteiger partial charge in [-0.2, -0.15) is 0 Å². The maximum atomic E-state index is 12.0. The minimum atomic E-state index is -0.162. The number of carbonyl (C=O) groups is 2. The van der Waals surface area contributed by atoms with Crippen LogP contribution in [-0.4, -0.2) is 44.4 Å². The Morgan fingerprint density at radius 2 is 2.18 bits per heavy atom. The van der Waals surface area contributed by atoms with Crippen LogP contribution in [0.4, 0.5) is 0 Å². The molecule has 1 N–H and O–H groups in total. The molecule has 2 amide bonds. The molecule has 2 aromatic heterocycles. The molecule has 7 heteroatoms. The quantitative estimate of drug-likeness (QED) is 0.823. The Morgan fingerprint density at radius 3 is 2.91 bits per heavy atom. The van der Waals surface area contributed by atoms with Gasteiger partial charge in [0.1, 0.15) is 0 Å². The highest BCUT2D eigenvalue weighted by atomic mass is 16.2. The molecule has 114 valence electrons. The summed E-state index contributed by atoms with van der Waals surface area (Å²) in [6.45, 7) is 6.61. The van der Waals surface area contributed by atoms with Crippen LogP contribution in [0.25, 0.3) is 5.65 Å². The molecule has 0 unspecified atom stereocenters. The van der Waals surface area contributed by atoms with E-state index in [9.17, 15) is 9.59 Å². The number of aryl methyl sites for hydroxylation is 1. The summed E-state index contributed by atoms with van der Waals surface area (Å²) in [6, 6.07) is 3.85. The van der Waals surface area contributed by atoms with E-state index in [2.05, 4.69) is 22.1 Å². The molecule has 0 aliphatic carbocycles. The molecule has 0 aromatic carbocycles. The Hall–Kier alpha value is -2.70. The number of fused-ring (bicyclic) bond motifs is 1. The smallest absolute Gasteiger partial charge is 0.246 e. The third-order valence-corrected chi connectivity index (χ3v) is 3.78. The van der Waals surface area contributed by atoms with Crippen LogP contribution in [0.1, 0.15) is 11.4 Å². The minimum absolute atomic E-state index is 0.0717. The fourth-order valence-corrected chi connectivity index (χ4v) is 2.43. The first-order valence-electron chi connectivity index (χ1n) is 7.08. The Bertz CT molecular complexity index is 745. The van der Waals surface area contributed by atoms with Crippen molar-refractivity contribution in [3.8, 4) is 0 Å². The standard InChI is InChI=1S/C15H17N5O2/c1-3-14(21)19-8-11(9-19)15(22)16-6-13-18-17-12-5-4-10(2)7-20(12)13/h3-5,7,11H,1,6,8-9H2,2H3,(H,16,22). The van der Waals surface area contributed by atoms with Crippen LogP contribution in [0.2, 0.25) is 0 Å². The Balaban J connectivity index is 1.58. The van der Waals surface area contributed by atoms with Crippen molar-refractivity contribution in [3.05, 3.63) is 42.4 Å². The molecule has 3 heterocycles. The van der Waals surface area contributed by atoms with E-state index >= 15 is 0 Å². The molecule has 1 aliphatic rings. The second kappa shape index (κ2) is 5.59. The van der Waals surface area contributed by atoms with Crippen LogP contribution in [0, 0.1) is 12.8 Å². The molecule has 0 saturated carbocycles. The van der Waals surface area contributed by atoms with E-state index in [-0.39, 0.29) is 17.7 Å². The third kappa shape index (κ3) is 2.57. The molecular weight excluding hydrogens is 282 g/mol. The van der Waals surface area contributed by atoms with Gasteiger partial charge in [-0.05, 0) is 24.6 Å². The molecule has 1 saturated heterocycles. The van der Waals surface area contributed by atoms with Crippen molar-refractivity contribution >= 4 is 17.5 Å². The maximum absolute atomic E-state index is 12.0. The lowest BCUT2D eigenvalue weighted by Crippen LogP contribution is -2.55. The van der Waals surface area contributed by atoms with Crippen LogP contribution in [-0.2, 0) is 16.1 Å². The van der Waals surface area contributed by atoms with Gasteiger partial charge >= 0.3 is 0 Å². The number of likely N-dealkylation sites (tertiary alicyclic amines) is 1. The lowest BCUT2D eigenvalue weighted by molar-refractivity contribution is -0.139. The van der Waals surface area contributed by atoms with E-state index in [0.717, 1.165) is 11.2 Å². The topological polar surface area (TPSA) is 79.6 Å². The third-order valence-electron chi connectivity index (χ3n) is 3.78. The summed E-state index contributed by atoms with van der Waals surface area (Å²) in [5.74, 6) is 0.315. The molecule has 7 nitrogen and oxygen atoms in total. The highest BCUT2D eigenvalue weighted by Gasteiger charge is 2.34. The van der Waals surface area contributed by atoms with Gasteiger partial charge in [0, 0.05) is 19.3 Å². The first-order chi connectivity index (χ1) is 10.6. The number of carbonyl (C=O) groups excluding carboxylic acids is 2. The molecule has 0 spiro atoms. The zero-order chi connectivity index (χ0) is 15.7. The molecule has 0 atom stereocenters. The zero-order valence-electron chi connectivity index (χ0n) is 12.3. The van der Waals surface area contributed by atoms with E-state index < -0.39 is 0 Å². The molecule has 1 aliphatic heterocycles. The summed E-state index contributed by atoms with van der Waals surface area (Å²) in [5.41, 5.74) is 1.85. The van der Waals surface area contributed by atoms with Crippen molar-refractivity contribution in [2.45, 2.75) is 13.5 Å². The fourth-order valence-electron chi connectivity index (χ4n) is 2.43. The molecule has 3 rings (SSSR count). The summed E-state index contributed by atoms with van der Waals surface area (Å²) < 4.78 is 1.87. The average Bonchev–Trinajstić information content (AvgIpc) is 2.85. The number of amides is 2. The number of pyridine rings is 1. The number of aromatic nitrogens is 3. The molecule has 2 aromatic rings.